The lowest BCUT2D eigenvalue weighted by molar-refractivity contribution is -0.116. The van der Waals surface area contributed by atoms with Crippen LogP contribution in [-0.2, 0) is 4.79 Å². The van der Waals surface area contributed by atoms with Crippen LogP contribution in [0.15, 0.2) is 23.3 Å². The summed E-state index contributed by atoms with van der Waals surface area (Å²) in [6.07, 6.45) is 1.18. The van der Waals surface area contributed by atoms with Gasteiger partial charge in [0.15, 0.2) is 0 Å². The highest BCUT2D eigenvalue weighted by atomic mass is 16.1. The first-order valence-corrected chi connectivity index (χ1v) is 6.15. The largest absolute Gasteiger partial charge is 0.324 e. The zero-order valence-electron chi connectivity index (χ0n) is 11.4. The second kappa shape index (κ2) is 7.55. The van der Waals surface area contributed by atoms with Crippen LogP contribution in [0.1, 0.15) is 25.3 Å². The molecule has 0 aliphatic heterocycles. The smallest absolute Gasteiger partial charge is 0.237 e. The number of hydrogen-bond donors (Lipinski definition) is 2. The molecule has 6 nitrogen and oxygen atoms in total. The van der Waals surface area contributed by atoms with E-state index in [0.29, 0.717) is 17.8 Å². The maximum atomic E-state index is 11.6. The van der Waals surface area contributed by atoms with E-state index in [-0.39, 0.29) is 11.6 Å². The standard InChI is InChI=1S/C14H15N5O/c1-3-4-14(20)17-12-6-5-10(2)7-13(12)19-18-11(8-15)9-16/h5-7,19H,3-4H2,1-2H3,(H,17,20). The van der Waals surface area contributed by atoms with Crippen LogP contribution in [0.2, 0.25) is 0 Å². The van der Waals surface area contributed by atoms with E-state index >= 15 is 0 Å². The van der Waals surface area contributed by atoms with Gasteiger partial charge in [0.05, 0.1) is 11.4 Å². The van der Waals surface area contributed by atoms with Crippen LogP contribution in [0.25, 0.3) is 0 Å². The number of nitriles is 2. The van der Waals surface area contributed by atoms with Gasteiger partial charge in [-0.2, -0.15) is 15.6 Å². The number of carbonyl (C=O) groups is 1. The van der Waals surface area contributed by atoms with Gasteiger partial charge in [0, 0.05) is 6.42 Å². The summed E-state index contributed by atoms with van der Waals surface area (Å²) in [6.45, 7) is 3.81. The maximum Gasteiger partial charge on any atom is 0.237 e. The molecule has 1 rings (SSSR count). The Bertz CT molecular complexity index is 591. The topological polar surface area (TPSA) is 101 Å². The van der Waals surface area contributed by atoms with Crippen molar-refractivity contribution in [2.24, 2.45) is 5.10 Å². The molecule has 0 unspecified atom stereocenters. The van der Waals surface area contributed by atoms with E-state index in [9.17, 15) is 4.79 Å². The molecular weight excluding hydrogens is 254 g/mol. The van der Waals surface area contributed by atoms with Gasteiger partial charge in [-0.3, -0.25) is 10.2 Å². The molecule has 1 aromatic rings. The SMILES string of the molecule is CCCC(=O)Nc1ccc(C)cc1NN=C(C#N)C#N. The van der Waals surface area contributed by atoms with E-state index < -0.39 is 0 Å². The number of hydrazone groups is 1. The molecule has 20 heavy (non-hydrogen) atoms. The molecule has 6 heteroatoms. The number of nitrogens with zero attached hydrogens (tertiary/aromatic N) is 3. The maximum absolute atomic E-state index is 11.6. The van der Waals surface area contributed by atoms with Gasteiger partial charge in [0.1, 0.15) is 12.1 Å². The van der Waals surface area contributed by atoms with Crippen molar-refractivity contribution >= 4 is 23.0 Å². The van der Waals surface area contributed by atoms with Crippen LogP contribution in [0.4, 0.5) is 11.4 Å². The van der Waals surface area contributed by atoms with Crippen molar-refractivity contribution in [1.82, 2.24) is 0 Å². The normalized spacial score (nSPS) is 9.00. The lowest BCUT2D eigenvalue weighted by Crippen LogP contribution is -2.12. The van der Waals surface area contributed by atoms with Crippen LogP contribution < -0.4 is 10.7 Å². The highest BCUT2D eigenvalue weighted by Gasteiger charge is 2.06. The quantitative estimate of drug-likeness (QED) is 0.633. The number of hydrogen-bond acceptors (Lipinski definition) is 5. The fourth-order valence-electron chi connectivity index (χ4n) is 1.49. The first-order valence-electron chi connectivity index (χ1n) is 6.15. The first-order chi connectivity index (χ1) is 9.60. The Morgan fingerprint density at radius 2 is 2.00 bits per heavy atom. The van der Waals surface area contributed by atoms with E-state index in [4.69, 9.17) is 10.5 Å². The summed E-state index contributed by atoms with van der Waals surface area (Å²) in [6, 6.07) is 8.69. The van der Waals surface area contributed by atoms with E-state index in [1.807, 2.05) is 19.9 Å². The van der Waals surface area contributed by atoms with E-state index in [0.717, 1.165) is 12.0 Å². The monoisotopic (exact) mass is 269 g/mol. The van der Waals surface area contributed by atoms with Gasteiger partial charge in [-0.15, -0.1) is 0 Å². The Hall–Kier alpha value is -2.86. The van der Waals surface area contributed by atoms with Crippen molar-refractivity contribution in [3.8, 4) is 12.1 Å². The Morgan fingerprint density at radius 3 is 2.60 bits per heavy atom. The van der Waals surface area contributed by atoms with Crippen LogP contribution >= 0.6 is 0 Å². The third-order valence-corrected chi connectivity index (χ3v) is 2.43. The van der Waals surface area contributed by atoms with E-state index in [2.05, 4.69) is 15.8 Å². The van der Waals surface area contributed by atoms with Crippen molar-refractivity contribution in [3.63, 3.8) is 0 Å². The van der Waals surface area contributed by atoms with Gasteiger partial charge in [-0.1, -0.05) is 13.0 Å². The average molecular weight is 269 g/mol. The van der Waals surface area contributed by atoms with E-state index in [1.54, 1.807) is 24.3 Å². The van der Waals surface area contributed by atoms with Crippen LogP contribution in [0.5, 0.6) is 0 Å². The molecule has 0 radical (unpaired) electrons. The molecule has 0 spiro atoms. The first kappa shape index (κ1) is 15.2. The molecule has 0 aromatic heterocycles. The molecule has 0 aliphatic carbocycles. The third kappa shape index (κ3) is 4.43. The Kier molecular flexibility index (Phi) is 5.74. The molecule has 0 atom stereocenters. The number of amides is 1. The molecule has 0 saturated carbocycles. The van der Waals surface area contributed by atoms with Crippen molar-refractivity contribution < 1.29 is 4.79 Å². The molecule has 0 saturated heterocycles. The summed E-state index contributed by atoms with van der Waals surface area (Å²) < 4.78 is 0. The van der Waals surface area contributed by atoms with Gasteiger partial charge in [-0.05, 0) is 31.0 Å². The Labute approximate surface area is 117 Å². The average Bonchev–Trinajstić information content (AvgIpc) is 2.43. The molecule has 0 heterocycles. The number of carbonyl (C=O) groups excluding carboxylic acids is 1. The second-order valence-electron chi connectivity index (χ2n) is 4.14. The number of anilines is 2. The van der Waals surface area contributed by atoms with Crippen LogP contribution in [0, 0.1) is 29.6 Å². The van der Waals surface area contributed by atoms with Gasteiger partial charge in [0.2, 0.25) is 11.6 Å². The third-order valence-electron chi connectivity index (χ3n) is 2.43. The van der Waals surface area contributed by atoms with Gasteiger partial charge < -0.3 is 5.32 Å². The van der Waals surface area contributed by atoms with Crippen molar-refractivity contribution in [2.75, 3.05) is 10.7 Å². The van der Waals surface area contributed by atoms with Gasteiger partial charge in [0.25, 0.3) is 0 Å². The lowest BCUT2D eigenvalue weighted by Gasteiger charge is -2.11. The van der Waals surface area contributed by atoms with Crippen molar-refractivity contribution in [1.29, 1.82) is 10.5 Å². The lowest BCUT2D eigenvalue weighted by atomic mass is 10.2. The van der Waals surface area contributed by atoms with Crippen molar-refractivity contribution in [3.05, 3.63) is 23.8 Å². The highest BCUT2D eigenvalue weighted by Crippen LogP contribution is 2.23. The minimum absolute atomic E-state index is 0.0934. The predicted molar refractivity (Wildman–Crippen MR) is 77.0 cm³/mol. The fourth-order valence-corrected chi connectivity index (χ4v) is 1.49. The predicted octanol–water partition coefficient (Wildman–Crippen LogP) is 2.55. The molecule has 102 valence electrons. The molecule has 2 N–H and O–H groups in total. The van der Waals surface area contributed by atoms with Gasteiger partial charge in [-0.25, -0.2) is 0 Å². The molecule has 0 bridgehead atoms. The summed E-state index contributed by atoms with van der Waals surface area (Å²) in [5.41, 5.74) is 4.42. The molecule has 0 fully saturated rings. The van der Waals surface area contributed by atoms with Crippen LogP contribution in [0.3, 0.4) is 0 Å². The summed E-state index contributed by atoms with van der Waals surface area (Å²) in [5.74, 6) is -0.0934. The number of benzene rings is 1. The molecule has 1 aromatic carbocycles. The molecule has 0 aliphatic rings. The Morgan fingerprint density at radius 1 is 1.30 bits per heavy atom. The fraction of sp³-hybridized carbons (Fsp3) is 0.286. The van der Waals surface area contributed by atoms with Crippen LogP contribution in [-0.4, -0.2) is 11.6 Å². The minimum Gasteiger partial charge on any atom is -0.324 e. The van der Waals surface area contributed by atoms with E-state index in [1.165, 1.54) is 0 Å². The molecule has 1 amide bonds. The summed E-state index contributed by atoms with van der Waals surface area (Å²) >= 11 is 0. The number of aryl methyl sites for hydroxylation is 1. The summed E-state index contributed by atoms with van der Waals surface area (Å²) in [5, 5.41) is 23.7. The minimum atomic E-state index is -0.280. The number of nitrogens with one attached hydrogen (secondary N) is 2. The second-order valence-corrected chi connectivity index (χ2v) is 4.14. The zero-order chi connectivity index (χ0) is 15.0. The molecular formula is C14H15N5O. The zero-order valence-corrected chi connectivity index (χ0v) is 11.4. The van der Waals surface area contributed by atoms with Gasteiger partial charge >= 0.3 is 0 Å². The summed E-state index contributed by atoms with van der Waals surface area (Å²) in [7, 11) is 0. The number of rotatable bonds is 5. The summed E-state index contributed by atoms with van der Waals surface area (Å²) in [4.78, 5) is 11.6. The Balaban J connectivity index is 2.97. The van der Waals surface area contributed by atoms with Crippen molar-refractivity contribution in [2.45, 2.75) is 26.7 Å². The highest BCUT2D eigenvalue weighted by molar-refractivity contribution is 6.10.